The number of aliphatic hydroxyl groups is 1. The maximum absolute atomic E-state index is 9.92. The number of aliphatic hydroxyl groups excluding tert-OH is 1. The first-order valence-corrected chi connectivity index (χ1v) is 11.5. The van der Waals surface area contributed by atoms with Crippen LogP contribution in [0.4, 0.5) is 0 Å². The molecular formula is C20H32O4Si. The summed E-state index contributed by atoms with van der Waals surface area (Å²) in [5.41, 5.74) is 1.04. The van der Waals surface area contributed by atoms with E-state index in [1.54, 1.807) is 7.11 Å². The highest BCUT2D eigenvalue weighted by Crippen LogP contribution is 2.36. The second-order valence-electron chi connectivity index (χ2n) is 7.62. The normalized spacial score (nSPS) is 13.1. The number of ether oxygens (including phenoxy) is 2. The maximum Gasteiger partial charge on any atom is 0.193 e. The van der Waals surface area contributed by atoms with Crippen molar-refractivity contribution in [2.24, 2.45) is 0 Å². The number of hydrogen-bond donors (Lipinski definition) is 1. The highest BCUT2D eigenvalue weighted by molar-refractivity contribution is 6.74. The summed E-state index contributed by atoms with van der Waals surface area (Å²) < 4.78 is 16.6. The molecule has 1 rings (SSSR count). The van der Waals surface area contributed by atoms with Gasteiger partial charge in [0.2, 0.25) is 0 Å². The quantitative estimate of drug-likeness (QED) is 0.560. The van der Waals surface area contributed by atoms with Crippen LogP contribution in [-0.4, -0.2) is 39.9 Å². The molecule has 0 unspecified atom stereocenters. The third-order valence-corrected chi connectivity index (χ3v) is 8.99. The van der Waals surface area contributed by atoms with Crippen molar-refractivity contribution in [2.45, 2.75) is 58.0 Å². The van der Waals surface area contributed by atoms with Crippen LogP contribution in [0, 0.1) is 11.8 Å². The molecule has 0 spiro atoms. The van der Waals surface area contributed by atoms with E-state index < -0.39 is 14.4 Å². The van der Waals surface area contributed by atoms with Gasteiger partial charge in [-0.3, -0.25) is 0 Å². The lowest BCUT2D eigenvalue weighted by Crippen LogP contribution is -2.40. The fraction of sp³-hybridized carbons (Fsp3) is 0.600. The molecule has 1 atom stereocenters. The smallest absolute Gasteiger partial charge is 0.193 e. The SMILES string of the molecule is COc1ccc(COC[C@H](O)CC#CCO[Si](C)(C)C(C)(C)C)cc1. The molecule has 5 heteroatoms. The molecule has 1 aromatic carbocycles. The lowest BCUT2D eigenvalue weighted by atomic mass is 10.2. The van der Waals surface area contributed by atoms with Crippen LogP contribution >= 0.6 is 0 Å². The molecule has 25 heavy (non-hydrogen) atoms. The number of methoxy groups -OCH3 is 1. The van der Waals surface area contributed by atoms with Crippen LogP contribution in [0.2, 0.25) is 18.1 Å². The van der Waals surface area contributed by atoms with Crippen LogP contribution in [0.1, 0.15) is 32.8 Å². The second-order valence-corrected chi connectivity index (χ2v) is 12.4. The van der Waals surface area contributed by atoms with Gasteiger partial charge in [-0.25, -0.2) is 0 Å². The minimum Gasteiger partial charge on any atom is -0.497 e. The van der Waals surface area contributed by atoms with E-state index in [0.29, 0.717) is 19.6 Å². The van der Waals surface area contributed by atoms with Gasteiger partial charge in [0, 0.05) is 6.42 Å². The topological polar surface area (TPSA) is 47.9 Å². The predicted molar refractivity (Wildman–Crippen MR) is 104 cm³/mol. The Labute approximate surface area is 153 Å². The summed E-state index contributed by atoms with van der Waals surface area (Å²) in [6.45, 7) is 12.2. The summed E-state index contributed by atoms with van der Waals surface area (Å²) >= 11 is 0. The molecule has 0 aliphatic rings. The second kappa shape index (κ2) is 9.98. The van der Waals surface area contributed by atoms with Gasteiger partial charge in [0.15, 0.2) is 8.32 Å². The van der Waals surface area contributed by atoms with Gasteiger partial charge < -0.3 is 19.0 Å². The van der Waals surface area contributed by atoms with Crippen molar-refractivity contribution < 1.29 is 19.0 Å². The summed E-state index contributed by atoms with van der Waals surface area (Å²) in [6.07, 6.45) is -0.192. The summed E-state index contributed by atoms with van der Waals surface area (Å²) in [5, 5.41) is 10.1. The Bertz CT molecular complexity index is 564. The van der Waals surface area contributed by atoms with Crippen molar-refractivity contribution in [2.75, 3.05) is 20.3 Å². The van der Waals surface area contributed by atoms with Gasteiger partial charge in [-0.05, 0) is 35.8 Å². The zero-order valence-corrected chi connectivity index (χ0v) is 17.4. The van der Waals surface area contributed by atoms with E-state index >= 15 is 0 Å². The molecule has 1 aromatic rings. The molecule has 0 aromatic heterocycles. The van der Waals surface area contributed by atoms with Crippen LogP contribution in [0.3, 0.4) is 0 Å². The molecule has 0 fully saturated rings. The fourth-order valence-electron chi connectivity index (χ4n) is 1.77. The number of hydrogen-bond acceptors (Lipinski definition) is 4. The van der Waals surface area contributed by atoms with E-state index in [1.165, 1.54) is 0 Å². The predicted octanol–water partition coefficient (Wildman–Crippen LogP) is 3.99. The molecule has 0 saturated carbocycles. The monoisotopic (exact) mass is 364 g/mol. The molecule has 0 amide bonds. The molecule has 0 heterocycles. The van der Waals surface area contributed by atoms with Crippen molar-refractivity contribution in [1.82, 2.24) is 0 Å². The molecule has 1 N–H and O–H groups in total. The number of rotatable bonds is 8. The van der Waals surface area contributed by atoms with E-state index in [1.807, 2.05) is 24.3 Å². The summed E-state index contributed by atoms with van der Waals surface area (Å²) in [6, 6.07) is 7.68. The van der Waals surface area contributed by atoms with Crippen LogP contribution in [-0.2, 0) is 15.8 Å². The van der Waals surface area contributed by atoms with Crippen LogP contribution in [0.5, 0.6) is 5.75 Å². The van der Waals surface area contributed by atoms with Crippen molar-refractivity contribution in [1.29, 1.82) is 0 Å². The highest BCUT2D eigenvalue weighted by Gasteiger charge is 2.36. The summed E-state index contributed by atoms with van der Waals surface area (Å²) in [4.78, 5) is 0. The number of benzene rings is 1. The zero-order chi connectivity index (χ0) is 18.9. The van der Waals surface area contributed by atoms with Gasteiger partial charge in [0.1, 0.15) is 5.75 Å². The van der Waals surface area contributed by atoms with Crippen molar-refractivity contribution in [3.05, 3.63) is 29.8 Å². The van der Waals surface area contributed by atoms with Gasteiger partial charge in [0.05, 0.1) is 33.0 Å². The van der Waals surface area contributed by atoms with Gasteiger partial charge in [-0.15, -0.1) is 0 Å². The van der Waals surface area contributed by atoms with E-state index in [0.717, 1.165) is 11.3 Å². The Kier molecular flexibility index (Phi) is 8.67. The fourth-order valence-corrected chi connectivity index (χ4v) is 2.63. The molecule has 0 bridgehead atoms. The van der Waals surface area contributed by atoms with Crippen molar-refractivity contribution in [3.63, 3.8) is 0 Å². The summed E-state index contributed by atoms with van der Waals surface area (Å²) in [7, 11) is -0.107. The molecule has 0 saturated heterocycles. The van der Waals surface area contributed by atoms with E-state index in [-0.39, 0.29) is 11.6 Å². The Balaban J connectivity index is 2.23. The minimum atomic E-state index is -1.75. The van der Waals surface area contributed by atoms with Crippen molar-refractivity contribution >= 4 is 8.32 Å². The maximum atomic E-state index is 9.92. The summed E-state index contributed by atoms with van der Waals surface area (Å²) in [5.74, 6) is 6.79. The molecule has 140 valence electrons. The Morgan fingerprint density at radius 2 is 1.76 bits per heavy atom. The van der Waals surface area contributed by atoms with Gasteiger partial charge in [-0.2, -0.15) is 0 Å². The molecule has 4 nitrogen and oxygen atoms in total. The first-order valence-electron chi connectivity index (χ1n) is 8.64. The zero-order valence-electron chi connectivity index (χ0n) is 16.4. The Morgan fingerprint density at radius 3 is 2.32 bits per heavy atom. The third kappa shape index (κ3) is 8.06. The molecule has 0 aliphatic carbocycles. The lowest BCUT2D eigenvalue weighted by Gasteiger charge is -2.35. The minimum absolute atomic E-state index is 0.184. The first-order chi connectivity index (χ1) is 11.7. The van der Waals surface area contributed by atoms with E-state index in [2.05, 4.69) is 45.7 Å². The average molecular weight is 365 g/mol. The molecule has 0 radical (unpaired) electrons. The largest absolute Gasteiger partial charge is 0.497 e. The molecule has 0 aliphatic heterocycles. The lowest BCUT2D eigenvalue weighted by molar-refractivity contribution is 0.0311. The highest BCUT2D eigenvalue weighted by atomic mass is 28.4. The van der Waals surface area contributed by atoms with Crippen LogP contribution < -0.4 is 4.74 Å². The molecular weight excluding hydrogens is 332 g/mol. The third-order valence-electron chi connectivity index (χ3n) is 4.51. The Hall–Kier alpha value is -1.32. The van der Waals surface area contributed by atoms with Crippen LogP contribution in [0.15, 0.2) is 24.3 Å². The van der Waals surface area contributed by atoms with Gasteiger partial charge in [-0.1, -0.05) is 44.7 Å². The van der Waals surface area contributed by atoms with E-state index in [4.69, 9.17) is 13.9 Å². The van der Waals surface area contributed by atoms with Gasteiger partial charge in [0.25, 0.3) is 0 Å². The van der Waals surface area contributed by atoms with E-state index in [9.17, 15) is 5.11 Å². The van der Waals surface area contributed by atoms with Crippen LogP contribution in [0.25, 0.3) is 0 Å². The standard InChI is InChI=1S/C20H32O4Si/c1-20(2,3)25(5,6)24-14-8-7-9-18(21)16-23-15-17-10-12-19(22-4)13-11-17/h10-13,18,21H,9,14-16H2,1-6H3/t18-/m1/s1. The van der Waals surface area contributed by atoms with Gasteiger partial charge >= 0.3 is 0 Å². The Morgan fingerprint density at radius 1 is 1.12 bits per heavy atom. The first kappa shape index (κ1) is 21.7. The average Bonchev–Trinajstić information content (AvgIpc) is 2.54. The van der Waals surface area contributed by atoms with Crippen molar-refractivity contribution in [3.8, 4) is 17.6 Å².